The molecule has 0 radical (unpaired) electrons. The Hall–Kier alpha value is -1.32. The van der Waals surface area contributed by atoms with Gasteiger partial charge in [-0.3, -0.25) is 0 Å². The number of aliphatic hydroxyl groups is 1. The summed E-state index contributed by atoms with van der Waals surface area (Å²) in [5, 5.41) is 10.1. The molecule has 1 saturated heterocycles. The van der Waals surface area contributed by atoms with Gasteiger partial charge in [0.1, 0.15) is 5.75 Å². The minimum atomic E-state index is -4.81. The van der Waals surface area contributed by atoms with Crippen LogP contribution < -0.4 is 4.74 Å². The summed E-state index contributed by atoms with van der Waals surface area (Å²) in [7, 11) is -3.76. The number of nitrogens with zero attached hydrogens (tertiary/aromatic N) is 1. The molecule has 24 heavy (non-hydrogen) atoms. The summed E-state index contributed by atoms with van der Waals surface area (Å²) in [6.45, 7) is 0.603. The van der Waals surface area contributed by atoms with E-state index in [1.807, 2.05) is 0 Å². The van der Waals surface area contributed by atoms with Crippen LogP contribution in [0.2, 0.25) is 0 Å². The number of hydrogen-bond acceptors (Lipinski definition) is 4. The van der Waals surface area contributed by atoms with Gasteiger partial charge in [-0.2, -0.15) is 4.31 Å². The Balaban J connectivity index is 1.67. The molecule has 0 bridgehead atoms. The van der Waals surface area contributed by atoms with Crippen molar-refractivity contribution in [1.29, 1.82) is 0 Å². The SMILES string of the molecule is O=S(=O)(c1ccc(OC(F)(F)F)cc1)N1CCC(C2(O)CC2)CC1. The van der Waals surface area contributed by atoms with Gasteiger partial charge in [0.15, 0.2) is 0 Å². The van der Waals surface area contributed by atoms with Gasteiger partial charge in [0, 0.05) is 13.1 Å². The quantitative estimate of drug-likeness (QED) is 0.890. The lowest BCUT2D eigenvalue weighted by Crippen LogP contribution is -2.41. The first-order valence-corrected chi connectivity index (χ1v) is 9.12. The van der Waals surface area contributed by atoms with E-state index in [0.29, 0.717) is 25.9 Å². The van der Waals surface area contributed by atoms with Crippen LogP contribution in [0.3, 0.4) is 0 Å². The lowest BCUT2D eigenvalue weighted by atomic mass is 9.90. The van der Waals surface area contributed by atoms with E-state index in [1.165, 1.54) is 4.31 Å². The Morgan fingerprint density at radius 2 is 1.67 bits per heavy atom. The Morgan fingerprint density at radius 1 is 1.12 bits per heavy atom. The van der Waals surface area contributed by atoms with E-state index in [1.54, 1.807) is 0 Å². The van der Waals surface area contributed by atoms with Crippen molar-refractivity contribution in [2.75, 3.05) is 13.1 Å². The van der Waals surface area contributed by atoms with Crippen molar-refractivity contribution in [1.82, 2.24) is 4.31 Å². The van der Waals surface area contributed by atoms with Crippen molar-refractivity contribution >= 4 is 10.0 Å². The Kier molecular flexibility index (Phi) is 4.29. The summed E-state index contributed by atoms with van der Waals surface area (Å²) in [4.78, 5) is -0.0689. The molecule has 0 amide bonds. The molecule has 0 spiro atoms. The van der Waals surface area contributed by atoms with E-state index in [-0.39, 0.29) is 10.8 Å². The monoisotopic (exact) mass is 365 g/mol. The third-order valence-electron chi connectivity index (χ3n) is 4.67. The van der Waals surface area contributed by atoms with E-state index >= 15 is 0 Å². The number of benzene rings is 1. The van der Waals surface area contributed by atoms with Gasteiger partial charge >= 0.3 is 6.36 Å². The van der Waals surface area contributed by atoms with Gasteiger partial charge in [-0.15, -0.1) is 13.2 Å². The summed E-state index contributed by atoms with van der Waals surface area (Å²) in [5.41, 5.74) is -0.619. The van der Waals surface area contributed by atoms with E-state index in [0.717, 1.165) is 37.1 Å². The van der Waals surface area contributed by atoms with Crippen molar-refractivity contribution in [2.45, 2.75) is 42.5 Å². The Morgan fingerprint density at radius 3 is 2.12 bits per heavy atom. The molecule has 0 unspecified atom stereocenters. The van der Waals surface area contributed by atoms with Crippen LogP contribution in [0.4, 0.5) is 13.2 Å². The van der Waals surface area contributed by atoms with Crippen LogP contribution in [0.5, 0.6) is 5.75 Å². The van der Waals surface area contributed by atoms with E-state index in [2.05, 4.69) is 4.74 Å². The van der Waals surface area contributed by atoms with Gasteiger partial charge in [0.25, 0.3) is 0 Å². The predicted octanol–water partition coefficient (Wildman–Crippen LogP) is 2.51. The number of ether oxygens (including phenoxy) is 1. The minimum absolute atomic E-state index is 0.0689. The standard InChI is InChI=1S/C15H18F3NO4S/c16-15(17,18)23-12-1-3-13(4-2-12)24(21,22)19-9-5-11(6-10-19)14(20)7-8-14/h1-4,11,20H,5-10H2. The molecular weight excluding hydrogens is 347 g/mol. The lowest BCUT2D eigenvalue weighted by molar-refractivity contribution is -0.274. The van der Waals surface area contributed by atoms with E-state index in [4.69, 9.17) is 0 Å². The highest BCUT2D eigenvalue weighted by atomic mass is 32.2. The van der Waals surface area contributed by atoms with Crippen LogP contribution >= 0.6 is 0 Å². The molecule has 1 N–H and O–H groups in total. The molecule has 2 aliphatic rings. The number of hydrogen-bond donors (Lipinski definition) is 1. The first-order chi connectivity index (χ1) is 11.1. The van der Waals surface area contributed by atoms with Gasteiger partial charge < -0.3 is 9.84 Å². The van der Waals surface area contributed by atoms with Crippen molar-refractivity contribution in [3.8, 4) is 5.75 Å². The Labute approximate surface area is 138 Å². The predicted molar refractivity (Wildman–Crippen MR) is 78.8 cm³/mol. The Bertz CT molecular complexity index is 690. The van der Waals surface area contributed by atoms with Gasteiger partial charge in [-0.1, -0.05) is 0 Å². The molecule has 1 aliphatic carbocycles. The highest BCUT2D eigenvalue weighted by Gasteiger charge is 2.48. The first-order valence-electron chi connectivity index (χ1n) is 7.68. The van der Waals surface area contributed by atoms with Crippen LogP contribution in [-0.2, 0) is 10.0 Å². The maximum atomic E-state index is 12.6. The zero-order chi connectivity index (χ0) is 17.6. The largest absolute Gasteiger partial charge is 0.573 e. The number of rotatable bonds is 4. The summed E-state index contributed by atoms with van der Waals surface area (Å²) in [6, 6.07) is 4.19. The summed E-state index contributed by atoms with van der Waals surface area (Å²) >= 11 is 0. The number of piperidine rings is 1. The molecule has 5 nitrogen and oxygen atoms in total. The summed E-state index contributed by atoms with van der Waals surface area (Å²) in [5.74, 6) is -0.345. The third-order valence-corrected chi connectivity index (χ3v) is 6.58. The second-order valence-electron chi connectivity index (χ2n) is 6.30. The number of sulfonamides is 1. The fourth-order valence-electron chi connectivity index (χ4n) is 3.13. The molecule has 1 aliphatic heterocycles. The van der Waals surface area contributed by atoms with Crippen molar-refractivity contribution in [3.05, 3.63) is 24.3 Å². The van der Waals surface area contributed by atoms with Crippen LogP contribution in [0.25, 0.3) is 0 Å². The van der Waals surface area contributed by atoms with Gasteiger partial charge in [0.05, 0.1) is 10.5 Å². The summed E-state index contributed by atoms with van der Waals surface area (Å²) < 4.78 is 66.6. The van der Waals surface area contributed by atoms with Crippen LogP contribution in [0.1, 0.15) is 25.7 Å². The number of halogens is 3. The zero-order valence-electron chi connectivity index (χ0n) is 12.8. The smallest absolute Gasteiger partial charge is 0.406 e. The molecule has 1 aromatic carbocycles. The van der Waals surface area contributed by atoms with Crippen LogP contribution in [0, 0.1) is 5.92 Å². The molecule has 3 rings (SSSR count). The average molecular weight is 365 g/mol. The number of alkyl halides is 3. The lowest BCUT2D eigenvalue weighted by Gasteiger charge is -2.33. The molecule has 1 saturated carbocycles. The molecule has 134 valence electrons. The second-order valence-corrected chi connectivity index (χ2v) is 8.24. The molecule has 0 aromatic heterocycles. The van der Waals surface area contributed by atoms with Gasteiger partial charge in [-0.25, -0.2) is 8.42 Å². The van der Waals surface area contributed by atoms with Gasteiger partial charge in [0.2, 0.25) is 10.0 Å². The maximum absolute atomic E-state index is 12.6. The second kappa shape index (κ2) is 5.89. The highest BCUT2D eigenvalue weighted by molar-refractivity contribution is 7.89. The third kappa shape index (κ3) is 3.68. The normalized spacial score (nSPS) is 22.3. The molecule has 2 fully saturated rings. The highest BCUT2D eigenvalue weighted by Crippen LogP contribution is 2.46. The zero-order valence-corrected chi connectivity index (χ0v) is 13.6. The van der Waals surface area contributed by atoms with E-state index in [9.17, 15) is 26.7 Å². The minimum Gasteiger partial charge on any atom is -0.406 e. The fraction of sp³-hybridized carbons (Fsp3) is 0.600. The molecule has 9 heteroatoms. The first kappa shape index (κ1) is 17.5. The summed E-state index contributed by atoms with van der Waals surface area (Å²) in [6.07, 6.45) is -2.10. The van der Waals surface area contributed by atoms with Gasteiger partial charge in [-0.05, 0) is 55.9 Å². The van der Waals surface area contributed by atoms with E-state index < -0.39 is 27.7 Å². The molecule has 1 aromatic rings. The maximum Gasteiger partial charge on any atom is 0.573 e. The molecular formula is C15H18F3NO4S. The average Bonchev–Trinajstić information content (AvgIpc) is 3.25. The topological polar surface area (TPSA) is 66.8 Å². The van der Waals surface area contributed by atoms with Crippen molar-refractivity contribution in [2.24, 2.45) is 5.92 Å². The van der Waals surface area contributed by atoms with Crippen molar-refractivity contribution in [3.63, 3.8) is 0 Å². The molecule has 0 atom stereocenters. The fourth-order valence-corrected chi connectivity index (χ4v) is 4.60. The van der Waals surface area contributed by atoms with Crippen LogP contribution in [-0.4, -0.2) is 42.9 Å². The molecule has 1 heterocycles. The van der Waals surface area contributed by atoms with Crippen molar-refractivity contribution < 1.29 is 31.4 Å². The van der Waals surface area contributed by atoms with Crippen LogP contribution in [0.15, 0.2) is 29.2 Å².